The summed E-state index contributed by atoms with van der Waals surface area (Å²) < 4.78 is 40.2. The van der Waals surface area contributed by atoms with Crippen LogP contribution < -0.4 is 5.32 Å². The maximum Gasteiger partial charge on any atom is 0.392 e. The minimum absolute atomic E-state index is 0.0974. The van der Waals surface area contributed by atoms with Crippen molar-refractivity contribution in [2.24, 2.45) is 16.8 Å². The topological polar surface area (TPSA) is 78.8 Å². The first-order chi connectivity index (χ1) is 13.5. The average Bonchev–Trinajstić information content (AvgIpc) is 2.63. The summed E-state index contributed by atoms with van der Waals surface area (Å²) in [6.07, 6.45) is -1.70. The Balaban J connectivity index is 2.26. The van der Waals surface area contributed by atoms with Crippen molar-refractivity contribution in [2.45, 2.75) is 38.4 Å². The van der Waals surface area contributed by atoms with Gasteiger partial charge in [-0.05, 0) is 30.5 Å². The van der Waals surface area contributed by atoms with Gasteiger partial charge in [0.1, 0.15) is 0 Å². The molecule has 1 unspecified atom stereocenters. The number of aliphatic imine (C=N–C) groups is 1. The van der Waals surface area contributed by atoms with E-state index >= 15 is 0 Å². The van der Waals surface area contributed by atoms with E-state index in [1.807, 2.05) is 0 Å². The Labute approximate surface area is 175 Å². The number of carbonyl (C=O) groups is 2. The summed E-state index contributed by atoms with van der Waals surface area (Å²) in [4.78, 5) is 27.6. The quantitative estimate of drug-likeness (QED) is 0.607. The lowest BCUT2D eigenvalue weighted by Gasteiger charge is -2.30. The summed E-state index contributed by atoms with van der Waals surface area (Å²) in [5.74, 6) is -5.32. The van der Waals surface area contributed by atoms with Crippen molar-refractivity contribution in [1.29, 1.82) is 0 Å². The molecule has 0 saturated heterocycles. The SMILES string of the molecule is C[C@H]([C@H](C(=O)Nc1cc(CCC(=O)O)ccc1Cl)C1CC=C(Cl)C=N1)C(F)(F)F. The third-order valence-corrected chi connectivity index (χ3v) is 5.21. The van der Waals surface area contributed by atoms with Gasteiger partial charge in [0.15, 0.2) is 0 Å². The van der Waals surface area contributed by atoms with Crippen molar-refractivity contribution >= 4 is 47.0 Å². The second kappa shape index (κ2) is 9.63. The molecule has 10 heteroatoms. The standard InChI is InChI=1S/C19H19Cl2F3N2O3/c1-10(19(22,23)24)17(14-6-4-12(20)9-25-14)18(29)26-15-8-11(2-5-13(15)21)3-7-16(27)28/h2,4-5,8-10,14,17H,3,6-7H2,1H3,(H,26,29)(H,27,28)/t10-,14?,17+/m1/s1. The van der Waals surface area contributed by atoms with Gasteiger partial charge in [-0.25, -0.2) is 0 Å². The highest BCUT2D eigenvalue weighted by molar-refractivity contribution is 6.39. The highest BCUT2D eigenvalue weighted by Gasteiger charge is 2.47. The zero-order valence-electron chi connectivity index (χ0n) is 15.3. The number of hydrogen-bond acceptors (Lipinski definition) is 3. The summed E-state index contributed by atoms with van der Waals surface area (Å²) in [6.45, 7) is 0.935. The fourth-order valence-corrected chi connectivity index (χ4v) is 3.29. The zero-order valence-corrected chi connectivity index (χ0v) is 16.9. The number of aryl methyl sites for hydroxylation is 1. The molecule has 1 amide bonds. The Kier molecular flexibility index (Phi) is 7.71. The summed E-state index contributed by atoms with van der Waals surface area (Å²) in [5, 5.41) is 11.7. The number of amides is 1. The van der Waals surface area contributed by atoms with E-state index in [2.05, 4.69) is 10.3 Å². The van der Waals surface area contributed by atoms with E-state index in [-0.39, 0.29) is 30.0 Å². The zero-order chi connectivity index (χ0) is 21.8. The number of nitrogens with zero attached hydrogens (tertiary/aromatic N) is 1. The molecule has 0 aromatic heterocycles. The van der Waals surface area contributed by atoms with Gasteiger partial charge in [-0.2, -0.15) is 13.2 Å². The number of carboxylic acid groups (broad SMARTS) is 1. The van der Waals surface area contributed by atoms with Crippen LogP contribution in [-0.4, -0.2) is 35.4 Å². The van der Waals surface area contributed by atoms with Crippen LogP contribution in [0.5, 0.6) is 0 Å². The molecule has 1 aliphatic rings. The van der Waals surface area contributed by atoms with Gasteiger partial charge in [0.25, 0.3) is 0 Å². The van der Waals surface area contributed by atoms with Gasteiger partial charge in [-0.1, -0.05) is 42.3 Å². The van der Waals surface area contributed by atoms with Gasteiger partial charge in [0.05, 0.1) is 33.6 Å². The monoisotopic (exact) mass is 450 g/mol. The molecular formula is C19H19Cl2F3N2O3. The maximum atomic E-state index is 13.4. The number of benzene rings is 1. The highest BCUT2D eigenvalue weighted by atomic mass is 35.5. The number of nitrogens with one attached hydrogen (secondary N) is 1. The van der Waals surface area contributed by atoms with Crippen LogP contribution in [0, 0.1) is 11.8 Å². The number of aliphatic carboxylic acids is 1. The fraction of sp³-hybridized carbons (Fsp3) is 0.421. The molecule has 0 aliphatic carbocycles. The van der Waals surface area contributed by atoms with Crippen molar-refractivity contribution in [1.82, 2.24) is 0 Å². The first-order valence-electron chi connectivity index (χ1n) is 8.75. The first kappa shape index (κ1) is 23.2. The van der Waals surface area contributed by atoms with Crippen molar-refractivity contribution in [3.8, 4) is 0 Å². The number of anilines is 1. The van der Waals surface area contributed by atoms with Crippen LogP contribution in [-0.2, 0) is 16.0 Å². The molecule has 2 rings (SSSR count). The van der Waals surface area contributed by atoms with E-state index in [4.69, 9.17) is 28.3 Å². The minimum atomic E-state index is -4.60. The van der Waals surface area contributed by atoms with Crippen molar-refractivity contribution in [3.05, 3.63) is 39.9 Å². The summed E-state index contributed by atoms with van der Waals surface area (Å²) in [6, 6.07) is 3.58. The van der Waals surface area contributed by atoms with Crippen LogP contribution >= 0.6 is 23.2 Å². The molecule has 0 bridgehead atoms. The molecule has 3 atom stereocenters. The number of allylic oxidation sites excluding steroid dienone is 1. The number of rotatable bonds is 7. The maximum absolute atomic E-state index is 13.4. The van der Waals surface area contributed by atoms with Crippen molar-refractivity contribution in [3.63, 3.8) is 0 Å². The second-order valence-electron chi connectivity index (χ2n) is 6.72. The molecule has 158 valence electrons. The lowest BCUT2D eigenvalue weighted by atomic mass is 9.83. The number of dihydropyridines is 1. The summed E-state index contributed by atoms with van der Waals surface area (Å²) in [5.41, 5.74) is 0.699. The Morgan fingerprint density at radius 1 is 1.34 bits per heavy atom. The summed E-state index contributed by atoms with van der Waals surface area (Å²) in [7, 11) is 0. The van der Waals surface area contributed by atoms with E-state index < -0.39 is 35.9 Å². The molecule has 0 fully saturated rings. The molecular weight excluding hydrogens is 432 g/mol. The van der Waals surface area contributed by atoms with Crippen LogP contribution in [0.1, 0.15) is 25.3 Å². The van der Waals surface area contributed by atoms with Crippen LogP contribution in [0.25, 0.3) is 0 Å². The smallest absolute Gasteiger partial charge is 0.392 e. The molecule has 1 aliphatic heterocycles. The molecule has 0 radical (unpaired) electrons. The van der Waals surface area contributed by atoms with E-state index in [9.17, 15) is 22.8 Å². The van der Waals surface area contributed by atoms with Gasteiger partial charge in [0, 0.05) is 12.6 Å². The van der Waals surface area contributed by atoms with E-state index in [1.165, 1.54) is 24.4 Å². The minimum Gasteiger partial charge on any atom is -0.481 e. The molecule has 0 saturated carbocycles. The predicted molar refractivity (Wildman–Crippen MR) is 106 cm³/mol. The molecule has 1 aromatic rings. The molecule has 0 spiro atoms. The second-order valence-corrected chi connectivity index (χ2v) is 7.57. The summed E-state index contributed by atoms with van der Waals surface area (Å²) >= 11 is 11.9. The fourth-order valence-electron chi connectivity index (χ4n) is 2.98. The number of halogens is 5. The van der Waals surface area contributed by atoms with Crippen LogP contribution in [0.15, 0.2) is 34.3 Å². The largest absolute Gasteiger partial charge is 0.481 e. The highest BCUT2D eigenvalue weighted by Crippen LogP contribution is 2.37. The van der Waals surface area contributed by atoms with Crippen molar-refractivity contribution < 1.29 is 27.9 Å². The van der Waals surface area contributed by atoms with E-state index in [0.29, 0.717) is 10.6 Å². The van der Waals surface area contributed by atoms with E-state index in [0.717, 1.165) is 6.92 Å². The third-order valence-electron chi connectivity index (χ3n) is 4.63. The van der Waals surface area contributed by atoms with Crippen molar-refractivity contribution in [2.75, 3.05) is 5.32 Å². The van der Waals surface area contributed by atoms with E-state index in [1.54, 1.807) is 6.07 Å². The van der Waals surface area contributed by atoms with Gasteiger partial charge in [-0.15, -0.1) is 0 Å². The Hall–Kier alpha value is -2.06. The van der Waals surface area contributed by atoms with Crippen LogP contribution in [0.3, 0.4) is 0 Å². The number of hydrogen-bond donors (Lipinski definition) is 2. The number of carbonyl (C=O) groups excluding carboxylic acids is 1. The predicted octanol–water partition coefficient (Wildman–Crippen LogP) is 5.08. The first-order valence-corrected chi connectivity index (χ1v) is 9.51. The number of carboxylic acids is 1. The Morgan fingerprint density at radius 3 is 2.59 bits per heavy atom. The molecule has 1 heterocycles. The Morgan fingerprint density at radius 2 is 2.03 bits per heavy atom. The normalized spacial score (nSPS) is 18.7. The molecule has 29 heavy (non-hydrogen) atoms. The van der Waals surface area contributed by atoms with Crippen LogP contribution in [0.4, 0.5) is 18.9 Å². The molecule has 1 aromatic carbocycles. The van der Waals surface area contributed by atoms with Crippen LogP contribution in [0.2, 0.25) is 5.02 Å². The number of alkyl halides is 3. The third kappa shape index (κ3) is 6.47. The lowest BCUT2D eigenvalue weighted by molar-refractivity contribution is -0.187. The lowest BCUT2D eigenvalue weighted by Crippen LogP contribution is -2.42. The van der Waals surface area contributed by atoms with Gasteiger partial charge >= 0.3 is 12.1 Å². The average molecular weight is 451 g/mol. The van der Waals surface area contributed by atoms with Gasteiger partial charge in [-0.3, -0.25) is 14.6 Å². The molecule has 2 N–H and O–H groups in total. The Bertz CT molecular complexity index is 840. The van der Waals surface area contributed by atoms with Gasteiger partial charge in [0.2, 0.25) is 5.91 Å². The van der Waals surface area contributed by atoms with Gasteiger partial charge < -0.3 is 10.4 Å². The molecule has 5 nitrogen and oxygen atoms in total.